The van der Waals surface area contributed by atoms with Gasteiger partial charge in [0.25, 0.3) is 0 Å². The minimum absolute atomic E-state index is 0.404. The summed E-state index contributed by atoms with van der Waals surface area (Å²) in [5.74, 6) is 2.30. The molecule has 0 spiro atoms. The minimum Gasteiger partial charge on any atom is -0.337 e. The molecule has 2 aromatic heterocycles. The predicted molar refractivity (Wildman–Crippen MR) is 85.2 cm³/mol. The van der Waals surface area contributed by atoms with Crippen LogP contribution in [0.1, 0.15) is 41.9 Å². The highest BCUT2D eigenvalue weighted by molar-refractivity contribution is 7.10. The van der Waals surface area contributed by atoms with Gasteiger partial charge in [0.1, 0.15) is 5.82 Å². The van der Waals surface area contributed by atoms with Gasteiger partial charge in [-0.2, -0.15) is 4.98 Å². The summed E-state index contributed by atoms with van der Waals surface area (Å²) in [6, 6.07) is 2.76. The van der Waals surface area contributed by atoms with Gasteiger partial charge < -0.3 is 10.2 Å². The van der Waals surface area contributed by atoms with Crippen LogP contribution in [0.3, 0.4) is 0 Å². The molecule has 4 rings (SSSR count). The zero-order valence-corrected chi connectivity index (χ0v) is 13.1. The van der Waals surface area contributed by atoms with Crippen LogP contribution in [0.4, 0.5) is 5.95 Å². The standard InChI is InChI=1S/C15H21N5S/c1-10-9-20(7-6-16-10)15-17-14(18-19-15)12-3-2-4-13-11(12)5-8-21-13/h5,8,10,12,16H,2-4,6-7,9H2,1H3,(H,17,18,19)/t10-,12?/m1/s1. The maximum absolute atomic E-state index is 4.81. The van der Waals surface area contributed by atoms with Crippen LogP contribution in [0, 0.1) is 0 Å². The molecule has 0 bridgehead atoms. The van der Waals surface area contributed by atoms with Crippen molar-refractivity contribution in [3.05, 3.63) is 27.7 Å². The van der Waals surface area contributed by atoms with Crippen molar-refractivity contribution in [2.45, 2.75) is 38.1 Å². The van der Waals surface area contributed by atoms with E-state index in [9.17, 15) is 0 Å². The average molecular weight is 303 g/mol. The van der Waals surface area contributed by atoms with Crippen LogP contribution in [-0.2, 0) is 6.42 Å². The van der Waals surface area contributed by atoms with Gasteiger partial charge in [-0.05, 0) is 43.2 Å². The zero-order chi connectivity index (χ0) is 14.2. The summed E-state index contributed by atoms with van der Waals surface area (Å²) in [6.07, 6.45) is 3.65. The summed E-state index contributed by atoms with van der Waals surface area (Å²) in [5, 5.41) is 13.3. The average Bonchev–Trinajstić information content (AvgIpc) is 3.16. The topological polar surface area (TPSA) is 56.8 Å². The van der Waals surface area contributed by atoms with Crippen molar-refractivity contribution in [3.8, 4) is 0 Å². The Morgan fingerprint density at radius 3 is 3.29 bits per heavy atom. The first-order valence-corrected chi connectivity index (χ1v) is 8.66. The van der Waals surface area contributed by atoms with Gasteiger partial charge >= 0.3 is 0 Å². The van der Waals surface area contributed by atoms with Crippen molar-refractivity contribution in [1.82, 2.24) is 20.5 Å². The molecule has 1 unspecified atom stereocenters. The monoisotopic (exact) mass is 303 g/mol. The summed E-state index contributed by atoms with van der Waals surface area (Å²) in [7, 11) is 0. The molecular weight excluding hydrogens is 282 g/mol. The van der Waals surface area contributed by atoms with E-state index in [1.54, 1.807) is 0 Å². The first-order valence-electron chi connectivity index (χ1n) is 7.78. The smallest absolute Gasteiger partial charge is 0.244 e. The third kappa shape index (κ3) is 2.46. The van der Waals surface area contributed by atoms with E-state index < -0.39 is 0 Å². The number of aryl methyl sites for hydroxylation is 1. The molecule has 0 radical (unpaired) electrons. The molecule has 112 valence electrons. The van der Waals surface area contributed by atoms with Gasteiger partial charge in [-0.1, -0.05) is 0 Å². The molecule has 3 heterocycles. The third-order valence-electron chi connectivity index (χ3n) is 4.52. The number of fused-ring (bicyclic) bond motifs is 1. The van der Waals surface area contributed by atoms with Crippen LogP contribution in [-0.4, -0.2) is 40.9 Å². The Balaban J connectivity index is 1.58. The molecule has 0 amide bonds. The van der Waals surface area contributed by atoms with Crippen LogP contribution < -0.4 is 10.2 Å². The van der Waals surface area contributed by atoms with E-state index in [2.05, 4.69) is 38.8 Å². The molecule has 6 heteroatoms. The zero-order valence-electron chi connectivity index (χ0n) is 12.3. The molecule has 1 fully saturated rings. The lowest BCUT2D eigenvalue weighted by atomic mass is 9.87. The fraction of sp³-hybridized carbons (Fsp3) is 0.600. The number of aromatic amines is 1. The molecule has 5 nitrogen and oxygen atoms in total. The van der Waals surface area contributed by atoms with E-state index in [1.165, 1.54) is 29.7 Å². The Hall–Kier alpha value is -1.40. The van der Waals surface area contributed by atoms with Gasteiger partial charge in [-0.25, -0.2) is 0 Å². The van der Waals surface area contributed by atoms with Crippen molar-refractivity contribution < 1.29 is 0 Å². The van der Waals surface area contributed by atoms with Gasteiger partial charge in [0, 0.05) is 36.5 Å². The number of aromatic nitrogens is 3. The fourth-order valence-electron chi connectivity index (χ4n) is 3.45. The highest BCUT2D eigenvalue weighted by atomic mass is 32.1. The molecule has 2 N–H and O–H groups in total. The Morgan fingerprint density at radius 2 is 2.38 bits per heavy atom. The molecule has 2 aliphatic rings. The lowest BCUT2D eigenvalue weighted by molar-refractivity contribution is 0.479. The summed E-state index contributed by atoms with van der Waals surface area (Å²) in [4.78, 5) is 8.61. The summed E-state index contributed by atoms with van der Waals surface area (Å²) in [6.45, 7) is 5.17. The van der Waals surface area contributed by atoms with Crippen LogP contribution >= 0.6 is 11.3 Å². The molecule has 0 aromatic carbocycles. The van der Waals surface area contributed by atoms with Gasteiger partial charge in [0.05, 0.1) is 0 Å². The molecule has 1 aliphatic carbocycles. The maximum Gasteiger partial charge on any atom is 0.244 e. The lowest BCUT2D eigenvalue weighted by Crippen LogP contribution is -2.49. The number of nitrogens with one attached hydrogen (secondary N) is 2. The second-order valence-electron chi connectivity index (χ2n) is 6.07. The molecule has 2 atom stereocenters. The maximum atomic E-state index is 4.81. The number of thiophene rings is 1. The summed E-state index contributed by atoms with van der Waals surface area (Å²) < 4.78 is 0. The first-order chi connectivity index (χ1) is 10.3. The van der Waals surface area contributed by atoms with Crippen LogP contribution in [0.15, 0.2) is 11.4 Å². The van der Waals surface area contributed by atoms with Crippen molar-refractivity contribution in [2.24, 2.45) is 0 Å². The summed E-state index contributed by atoms with van der Waals surface area (Å²) in [5.41, 5.74) is 1.46. The van der Waals surface area contributed by atoms with E-state index in [-0.39, 0.29) is 0 Å². The Kier molecular flexibility index (Phi) is 3.43. The highest BCUT2D eigenvalue weighted by Crippen LogP contribution is 2.38. The Bertz CT molecular complexity index is 619. The van der Waals surface area contributed by atoms with Crippen molar-refractivity contribution in [3.63, 3.8) is 0 Å². The molecule has 1 aliphatic heterocycles. The van der Waals surface area contributed by atoms with Gasteiger partial charge in [-0.3, -0.25) is 5.10 Å². The van der Waals surface area contributed by atoms with Crippen molar-refractivity contribution in [1.29, 1.82) is 0 Å². The number of hydrogen-bond acceptors (Lipinski definition) is 5. The second kappa shape index (κ2) is 5.42. The number of piperazine rings is 1. The molecule has 0 saturated carbocycles. The minimum atomic E-state index is 0.404. The Morgan fingerprint density at radius 1 is 1.43 bits per heavy atom. The number of rotatable bonds is 2. The number of anilines is 1. The van der Waals surface area contributed by atoms with E-state index in [0.717, 1.165) is 31.4 Å². The van der Waals surface area contributed by atoms with Crippen LogP contribution in [0.5, 0.6) is 0 Å². The summed E-state index contributed by atoms with van der Waals surface area (Å²) >= 11 is 1.88. The fourth-order valence-corrected chi connectivity index (χ4v) is 4.43. The van der Waals surface area contributed by atoms with Gasteiger partial charge in [0.2, 0.25) is 5.95 Å². The number of nitrogens with zero attached hydrogens (tertiary/aromatic N) is 3. The van der Waals surface area contributed by atoms with E-state index in [0.29, 0.717) is 12.0 Å². The van der Waals surface area contributed by atoms with E-state index in [4.69, 9.17) is 4.98 Å². The van der Waals surface area contributed by atoms with Crippen LogP contribution in [0.2, 0.25) is 0 Å². The normalized spacial score (nSPS) is 25.9. The predicted octanol–water partition coefficient (Wildman–Crippen LogP) is 2.13. The number of hydrogen-bond donors (Lipinski definition) is 2. The van der Waals surface area contributed by atoms with Gasteiger partial charge in [-0.15, -0.1) is 16.4 Å². The van der Waals surface area contributed by atoms with Crippen molar-refractivity contribution in [2.75, 3.05) is 24.5 Å². The largest absolute Gasteiger partial charge is 0.337 e. The quantitative estimate of drug-likeness (QED) is 0.892. The molecule has 2 aromatic rings. The van der Waals surface area contributed by atoms with E-state index in [1.807, 2.05) is 11.3 Å². The molecular formula is C15H21N5S. The molecule has 1 saturated heterocycles. The second-order valence-corrected chi connectivity index (χ2v) is 7.07. The van der Waals surface area contributed by atoms with Gasteiger partial charge in [0.15, 0.2) is 0 Å². The van der Waals surface area contributed by atoms with E-state index >= 15 is 0 Å². The van der Waals surface area contributed by atoms with Crippen molar-refractivity contribution >= 4 is 17.3 Å². The third-order valence-corrected chi connectivity index (χ3v) is 5.52. The van der Waals surface area contributed by atoms with Crippen LogP contribution in [0.25, 0.3) is 0 Å². The number of H-pyrrole nitrogens is 1. The lowest BCUT2D eigenvalue weighted by Gasteiger charge is -2.30. The SMILES string of the molecule is C[C@@H]1CN(c2n[nH]c(C3CCCc4sccc43)n2)CCN1. The Labute approximate surface area is 128 Å². The first kappa shape index (κ1) is 13.3. The highest BCUT2D eigenvalue weighted by Gasteiger charge is 2.27. The molecule has 21 heavy (non-hydrogen) atoms.